The van der Waals surface area contributed by atoms with Crippen molar-refractivity contribution in [3.05, 3.63) is 36.0 Å². The Labute approximate surface area is 99.0 Å². The predicted molar refractivity (Wildman–Crippen MR) is 63.9 cm³/mol. The number of ether oxygens (including phenoxy) is 1. The van der Waals surface area contributed by atoms with Crippen LogP contribution in [0.1, 0.15) is 12.5 Å². The van der Waals surface area contributed by atoms with E-state index in [4.69, 9.17) is 15.7 Å². The van der Waals surface area contributed by atoms with Gasteiger partial charge in [0, 0.05) is 0 Å². The predicted octanol–water partition coefficient (Wildman–Crippen LogP) is 1.72. The highest BCUT2D eigenvalue weighted by molar-refractivity contribution is 5.49. The monoisotopic (exact) mass is 228 g/mol. The van der Waals surface area contributed by atoms with Gasteiger partial charge in [0.05, 0.1) is 18.5 Å². The molecule has 2 aromatic rings. The number of nitrogen functional groups attached to an aromatic ring is 1. The Morgan fingerprint density at radius 1 is 1.41 bits per heavy atom. The van der Waals surface area contributed by atoms with Gasteiger partial charge in [-0.25, -0.2) is 4.68 Å². The molecule has 0 fully saturated rings. The number of aromatic nitrogens is 2. The molecule has 1 aromatic heterocycles. The van der Waals surface area contributed by atoms with E-state index in [1.165, 1.54) is 0 Å². The summed E-state index contributed by atoms with van der Waals surface area (Å²) in [6.07, 6.45) is 1.60. The maximum Gasteiger partial charge on any atom is 0.163 e. The molecule has 0 aliphatic heterocycles. The molecule has 5 nitrogen and oxygen atoms in total. The zero-order valence-corrected chi connectivity index (χ0v) is 9.42. The van der Waals surface area contributed by atoms with Crippen LogP contribution in [0.2, 0.25) is 0 Å². The van der Waals surface area contributed by atoms with Crippen LogP contribution in [0.3, 0.4) is 0 Å². The number of anilines is 1. The molecule has 0 aliphatic rings. The van der Waals surface area contributed by atoms with Crippen molar-refractivity contribution in [3.63, 3.8) is 0 Å². The van der Waals surface area contributed by atoms with Crippen molar-refractivity contribution in [1.29, 1.82) is 5.26 Å². The van der Waals surface area contributed by atoms with Gasteiger partial charge in [0.2, 0.25) is 0 Å². The fourth-order valence-electron chi connectivity index (χ4n) is 1.47. The van der Waals surface area contributed by atoms with Crippen LogP contribution in [0.5, 0.6) is 5.75 Å². The van der Waals surface area contributed by atoms with E-state index in [2.05, 4.69) is 5.10 Å². The van der Waals surface area contributed by atoms with Gasteiger partial charge in [0.15, 0.2) is 5.82 Å². The maximum atomic E-state index is 8.79. The van der Waals surface area contributed by atoms with Gasteiger partial charge < -0.3 is 10.5 Å². The average molecular weight is 228 g/mol. The van der Waals surface area contributed by atoms with Crippen molar-refractivity contribution in [3.8, 4) is 17.5 Å². The molecule has 1 heterocycles. The Morgan fingerprint density at radius 3 is 2.65 bits per heavy atom. The van der Waals surface area contributed by atoms with Crippen LogP contribution in [-0.4, -0.2) is 16.4 Å². The first kappa shape index (κ1) is 11.0. The van der Waals surface area contributed by atoms with Crippen molar-refractivity contribution < 1.29 is 4.74 Å². The summed E-state index contributed by atoms with van der Waals surface area (Å²) in [6.45, 7) is 2.56. The Bertz CT molecular complexity index is 551. The van der Waals surface area contributed by atoms with Gasteiger partial charge >= 0.3 is 0 Å². The van der Waals surface area contributed by atoms with E-state index in [0.29, 0.717) is 12.2 Å². The van der Waals surface area contributed by atoms with Crippen LogP contribution in [0, 0.1) is 11.3 Å². The molecule has 5 heteroatoms. The summed E-state index contributed by atoms with van der Waals surface area (Å²) < 4.78 is 6.91. The summed E-state index contributed by atoms with van der Waals surface area (Å²) in [4.78, 5) is 0. The Morgan fingerprint density at radius 2 is 2.12 bits per heavy atom. The van der Waals surface area contributed by atoms with Gasteiger partial charge in [-0.1, -0.05) is 0 Å². The molecule has 2 N–H and O–H groups in total. The topological polar surface area (TPSA) is 76.9 Å². The van der Waals surface area contributed by atoms with Crippen LogP contribution in [0.15, 0.2) is 30.5 Å². The molecule has 1 aromatic carbocycles. The number of nitrogens with zero attached hydrogens (tertiary/aromatic N) is 3. The van der Waals surface area contributed by atoms with Gasteiger partial charge in [0.1, 0.15) is 17.4 Å². The summed E-state index contributed by atoms with van der Waals surface area (Å²) in [5.41, 5.74) is 6.80. The van der Waals surface area contributed by atoms with Gasteiger partial charge in [0.25, 0.3) is 0 Å². The lowest BCUT2D eigenvalue weighted by Gasteiger charge is -2.04. The van der Waals surface area contributed by atoms with Crippen molar-refractivity contribution in [2.45, 2.75) is 6.92 Å². The number of rotatable bonds is 3. The summed E-state index contributed by atoms with van der Waals surface area (Å²) >= 11 is 0. The second-order valence-corrected chi connectivity index (χ2v) is 3.41. The van der Waals surface area contributed by atoms with E-state index < -0.39 is 0 Å². The third kappa shape index (κ3) is 2.21. The molecule has 17 heavy (non-hydrogen) atoms. The molecular formula is C12H12N4O. The fourth-order valence-corrected chi connectivity index (χ4v) is 1.47. The zero-order chi connectivity index (χ0) is 12.3. The van der Waals surface area contributed by atoms with E-state index in [9.17, 15) is 0 Å². The largest absolute Gasteiger partial charge is 0.494 e. The van der Waals surface area contributed by atoms with Crippen LogP contribution in [0.4, 0.5) is 5.82 Å². The van der Waals surface area contributed by atoms with Crippen LogP contribution >= 0.6 is 0 Å². The molecule has 0 saturated carbocycles. The summed E-state index contributed by atoms with van der Waals surface area (Å²) in [5, 5.41) is 12.8. The van der Waals surface area contributed by atoms with Crippen molar-refractivity contribution in [2.24, 2.45) is 0 Å². The first-order valence-corrected chi connectivity index (χ1v) is 5.23. The first-order valence-electron chi connectivity index (χ1n) is 5.23. The van der Waals surface area contributed by atoms with Crippen molar-refractivity contribution >= 4 is 5.82 Å². The highest BCUT2D eigenvalue weighted by Crippen LogP contribution is 2.17. The molecule has 0 bridgehead atoms. The van der Waals surface area contributed by atoms with Crippen LogP contribution in [0.25, 0.3) is 5.69 Å². The highest BCUT2D eigenvalue weighted by Gasteiger charge is 2.06. The number of hydrogen-bond acceptors (Lipinski definition) is 4. The highest BCUT2D eigenvalue weighted by atomic mass is 16.5. The minimum atomic E-state index is 0.237. The molecule has 0 aliphatic carbocycles. The smallest absolute Gasteiger partial charge is 0.163 e. The van der Waals surface area contributed by atoms with Crippen molar-refractivity contribution in [1.82, 2.24) is 9.78 Å². The van der Waals surface area contributed by atoms with Crippen molar-refractivity contribution in [2.75, 3.05) is 12.3 Å². The SMILES string of the molecule is CCOc1ccc(-n2cc(C#N)c(N)n2)cc1. The minimum Gasteiger partial charge on any atom is -0.494 e. The second kappa shape index (κ2) is 4.58. The van der Waals surface area contributed by atoms with E-state index in [-0.39, 0.29) is 5.82 Å². The molecule has 0 radical (unpaired) electrons. The summed E-state index contributed by atoms with van der Waals surface area (Å²) in [5.74, 6) is 1.04. The van der Waals surface area contributed by atoms with E-state index in [1.807, 2.05) is 37.3 Å². The lowest BCUT2D eigenvalue weighted by Crippen LogP contribution is -1.97. The summed E-state index contributed by atoms with van der Waals surface area (Å²) in [6, 6.07) is 9.40. The summed E-state index contributed by atoms with van der Waals surface area (Å²) in [7, 11) is 0. The molecule has 2 rings (SSSR count). The zero-order valence-electron chi connectivity index (χ0n) is 9.42. The average Bonchev–Trinajstić information content (AvgIpc) is 2.72. The second-order valence-electron chi connectivity index (χ2n) is 3.41. The molecule has 0 saturated heterocycles. The molecule has 0 unspecified atom stereocenters. The van der Waals surface area contributed by atoms with Gasteiger partial charge in [-0.3, -0.25) is 0 Å². The Balaban J connectivity index is 2.30. The first-order chi connectivity index (χ1) is 8.24. The lowest BCUT2D eigenvalue weighted by molar-refractivity contribution is 0.340. The maximum absolute atomic E-state index is 8.79. The number of benzene rings is 1. The molecule has 0 amide bonds. The third-order valence-corrected chi connectivity index (χ3v) is 2.28. The van der Waals surface area contributed by atoms with Crippen LogP contribution < -0.4 is 10.5 Å². The standard InChI is InChI=1S/C12H12N4O/c1-2-17-11-5-3-10(4-6-11)16-8-9(7-13)12(14)15-16/h3-6,8H,2H2,1H3,(H2,14,15). The van der Waals surface area contributed by atoms with E-state index >= 15 is 0 Å². The van der Waals surface area contributed by atoms with Gasteiger partial charge in [-0.2, -0.15) is 5.26 Å². The van der Waals surface area contributed by atoms with Gasteiger partial charge in [-0.15, -0.1) is 5.10 Å². The van der Waals surface area contributed by atoms with E-state index in [0.717, 1.165) is 11.4 Å². The van der Waals surface area contributed by atoms with Crippen LogP contribution in [-0.2, 0) is 0 Å². The quantitative estimate of drug-likeness (QED) is 0.867. The lowest BCUT2D eigenvalue weighted by atomic mass is 10.3. The fraction of sp³-hybridized carbons (Fsp3) is 0.167. The normalized spacial score (nSPS) is 9.88. The Kier molecular flexibility index (Phi) is 2.97. The van der Waals surface area contributed by atoms with E-state index in [1.54, 1.807) is 10.9 Å². The van der Waals surface area contributed by atoms with Gasteiger partial charge in [-0.05, 0) is 31.2 Å². The number of nitrogens with two attached hydrogens (primary N) is 1. The third-order valence-electron chi connectivity index (χ3n) is 2.28. The number of hydrogen-bond donors (Lipinski definition) is 1. The molecule has 86 valence electrons. The number of nitriles is 1. The molecular weight excluding hydrogens is 216 g/mol. The Hall–Kier alpha value is -2.48. The molecule has 0 atom stereocenters. The molecule has 0 spiro atoms. The minimum absolute atomic E-state index is 0.237.